The summed E-state index contributed by atoms with van der Waals surface area (Å²) in [5, 5.41) is 11.2. The van der Waals surface area contributed by atoms with Crippen LogP contribution in [0.25, 0.3) is 0 Å². The predicted octanol–water partition coefficient (Wildman–Crippen LogP) is 3.72. The lowest BCUT2D eigenvalue weighted by Gasteiger charge is -2.10. The molecule has 0 amide bonds. The molecule has 3 heteroatoms. The molecule has 0 aliphatic heterocycles. The van der Waals surface area contributed by atoms with Crippen LogP contribution in [0.15, 0.2) is 41.8 Å². The number of hydrogen-bond donors (Lipinski definition) is 1. The standard InChI is InChI=1S/C15H16O2S/c1-2-11-5-7-12(8-6-11)10-13(15(16)17)14-4-3-9-18-14/h3-9,13H,2,10H2,1H3,(H,16,17). The largest absolute Gasteiger partial charge is 0.481 e. The van der Waals surface area contributed by atoms with Crippen molar-refractivity contribution >= 4 is 17.3 Å². The van der Waals surface area contributed by atoms with Crippen LogP contribution in [0, 0.1) is 0 Å². The highest BCUT2D eigenvalue weighted by Crippen LogP contribution is 2.25. The SMILES string of the molecule is CCc1ccc(CC(C(=O)O)c2cccs2)cc1. The molecule has 0 saturated heterocycles. The molecule has 0 radical (unpaired) electrons. The van der Waals surface area contributed by atoms with Crippen molar-refractivity contribution in [1.29, 1.82) is 0 Å². The number of benzene rings is 1. The van der Waals surface area contributed by atoms with E-state index in [1.54, 1.807) is 0 Å². The van der Waals surface area contributed by atoms with Gasteiger partial charge in [0.05, 0.1) is 5.92 Å². The maximum Gasteiger partial charge on any atom is 0.312 e. The Balaban J connectivity index is 2.16. The first-order chi connectivity index (χ1) is 8.70. The molecule has 1 aromatic heterocycles. The van der Waals surface area contributed by atoms with Gasteiger partial charge in [0.25, 0.3) is 0 Å². The molecule has 1 N–H and O–H groups in total. The lowest BCUT2D eigenvalue weighted by atomic mass is 9.97. The molecule has 0 spiro atoms. The van der Waals surface area contributed by atoms with E-state index in [0.717, 1.165) is 16.9 Å². The van der Waals surface area contributed by atoms with Crippen molar-refractivity contribution in [3.05, 3.63) is 57.8 Å². The van der Waals surface area contributed by atoms with Crippen LogP contribution < -0.4 is 0 Å². The van der Waals surface area contributed by atoms with E-state index >= 15 is 0 Å². The molecular weight excluding hydrogens is 244 g/mol. The quantitative estimate of drug-likeness (QED) is 0.889. The molecule has 94 valence electrons. The van der Waals surface area contributed by atoms with Gasteiger partial charge < -0.3 is 5.11 Å². The zero-order chi connectivity index (χ0) is 13.0. The van der Waals surface area contributed by atoms with Crippen molar-refractivity contribution in [3.63, 3.8) is 0 Å². The van der Waals surface area contributed by atoms with Crippen LogP contribution in [0.3, 0.4) is 0 Å². The summed E-state index contributed by atoms with van der Waals surface area (Å²) in [4.78, 5) is 12.3. The molecule has 2 rings (SSSR count). The highest BCUT2D eigenvalue weighted by Gasteiger charge is 2.21. The molecular formula is C15H16O2S. The fourth-order valence-electron chi connectivity index (χ4n) is 1.95. The zero-order valence-corrected chi connectivity index (χ0v) is 11.1. The molecule has 1 unspecified atom stereocenters. The average Bonchev–Trinajstić information content (AvgIpc) is 2.90. The van der Waals surface area contributed by atoms with E-state index in [1.165, 1.54) is 16.9 Å². The number of aryl methyl sites for hydroxylation is 1. The van der Waals surface area contributed by atoms with Gasteiger partial charge in [-0.25, -0.2) is 0 Å². The Morgan fingerprint density at radius 3 is 2.39 bits per heavy atom. The number of rotatable bonds is 5. The molecule has 18 heavy (non-hydrogen) atoms. The van der Waals surface area contributed by atoms with E-state index in [9.17, 15) is 9.90 Å². The summed E-state index contributed by atoms with van der Waals surface area (Å²) in [5.41, 5.74) is 2.36. The van der Waals surface area contributed by atoms with Gasteiger partial charge in [0, 0.05) is 4.88 Å². The lowest BCUT2D eigenvalue weighted by Crippen LogP contribution is -2.13. The van der Waals surface area contributed by atoms with Crippen LogP contribution >= 0.6 is 11.3 Å². The second-order valence-electron chi connectivity index (χ2n) is 4.28. The third kappa shape index (κ3) is 2.99. The van der Waals surface area contributed by atoms with Gasteiger partial charge in [-0.05, 0) is 35.4 Å². The molecule has 0 fully saturated rings. The maximum absolute atomic E-state index is 11.3. The number of carboxylic acid groups (broad SMARTS) is 1. The second-order valence-corrected chi connectivity index (χ2v) is 5.26. The van der Waals surface area contributed by atoms with E-state index in [2.05, 4.69) is 19.1 Å². The van der Waals surface area contributed by atoms with Crippen LogP contribution in [-0.2, 0) is 17.6 Å². The first-order valence-electron chi connectivity index (χ1n) is 6.04. The number of hydrogen-bond acceptors (Lipinski definition) is 2. The zero-order valence-electron chi connectivity index (χ0n) is 10.3. The summed E-state index contributed by atoms with van der Waals surface area (Å²) < 4.78 is 0. The fraction of sp³-hybridized carbons (Fsp3) is 0.267. The van der Waals surface area contributed by atoms with Gasteiger partial charge >= 0.3 is 5.97 Å². The molecule has 1 atom stereocenters. The van der Waals surface area contributed by atoms with Crippen LogP contribution in [0.2, 0.25) is 0 Å². The summed E-state index contributed by atoms with van der Waals surface area (Å²) in [6.45, 7) is 2.11. The van der Waals surface area contributed by atoms with Gasteiger partial charge in [-0.3, -0.25) is 4.79 Å². The minimum Gasteiger partial charge on any atom is -0.481 e. The van der Waals surface area contributed by atoms with Gasteiger partial charge in [-0.2, -0.15) is 0 Å². The average molecular weight is 260 g/mol. The minimum atomic E-state index is -0.753. The Kier molecular flexibility index (Phi) is 4.15. The van der Waals surface area contributed by atoms with Crippen LogP contribution in [0.4, 0.5) is 0 Å². The first kappa shape index (κ1) is 12.8. The lowest BCUT2D eigenvalue weighted by molar-refractivity contribution is -0.138. The Bertz CT molecular complexity index is 500. The van der Waals surface area contributed by atoms with Gasteiger partial charge in [0.15, 0.2) is 0 Å². The summed E-state index contributed by atoms with van der Waals surface area (Å²) in [5.74, 6) is -1.19. The van der Waals surface area contributed by atoms with Crippen molar-refractivity contribution < 1.29 is 9.90 Å². The summed E-state index contributed by atoms with van der Waals surface area (Å²) in [6, 6.07) is 12.0. The first-order valence-corrected chi connectivity index (χ1v) is 6.92. The smallest absolute Gasteiger partial charge is 0.312 e. The normalized spacial score (nSPS) is 12.3. The molecule has 1 heterocycles. The summed E-state index contributed by atoms with van der Waals surface area (Å²) >= 11 is 1.51. The molecule has 1 aromatic carbocycles. The molecule has 2 nitrogen and oxygen atoms in total. The van der Waals surface area contributed by atoms with E-state index < -0.39 is 11.9 Å². The highest BCUT2D eigenvalue weighted by molar-refractivity contribution is 7.10. The molecule has 2 aromatic rings. The van der Waals surface area contributed by atoms with E-state index in [0.29, 0.717) is 6.42 Å². The fourth-order valence-corrected chi connectivity index (χ4v) is 2.77. The molecule has 0 saturated carbocycles. The van der Waals surface area contributed by atoms with Gasteiger partial charge in [0.2, 0.25) is 0 Å². The third-order valence-corrected chi connectivity index (χ3v) is 4.04. The van der Waals surface area contributed by atoms with Crippen molar-refractivity contribution in [2.75, 3.05) is 0 Å². The van der Waals surface area contributed by atoms with E-state index in [-0.39, 0.29) is 0 Å². The van der Waals surface area contributed by atoms with Crippen molar-refractivity contribution in [3.8, 4) is 0 Å². The maximum atomic E-state index is 11.3. The van der Waals surface area contributed by atoms with Crippen molar-refractivity contribution in [2.24, 2.45) is 0 Å². The van der Waals surface area contributed by atoms with Crippen molar-refractivity contribution in [2.45, 2.75) is 25.7 Å². The van der Waals surface area contributed by atoms with Crippen LogP contribution in [-0.4, -0.2) is 11.1 Å². The summed E-state index contributed by atoms with van der Waals surface area (Å²) in [7, 11) is 0. The molecule has 0 aliphatic rings. The Labute approximate surface area is 111 Å². The number of carbonyl (C=O) groups is 1. The van der Waals surface area contributed by atoms with E-state index in [4.69, 9.17) is 0 Å². The summed E-state index contributed by atoms with van der Waals surface area (Å²) in [6.07, 6.45) is 1.56. The monoisotopic (exact) mass is 260 g/mol. The van der Waals surface area contributed by atoms with Gasteiger partial charge in [0.1, 0.15) is 0 Å². The van der Waals surface area contributed by atoms with Gasteiger partial charge in [-0.15, -0.1) is 11.3 Å². The molecule has 0 aliphatic carbocycles. The number of carboxylic acids is 1. The Morgan fingerprint density at radius 2 is 1.89 bits per heavy atom. The van der Waals surface area contributed by atoms with Gasteiger partial charge in [-0.1, -0.05) is 37.3 Å². The number of aliphatic carboxylic acids is 1. The van der Waals surface area contributed by atoms with Crippen molar-refractivity contribution in [1.82, 2.24) is 0 Å². The predicted molar refractivity (Wildman–Crippen MR) is 74.2 cm³/mol. The Morgan fingerprint density at radius 1 is 1.22 bits per heavy atom. The highest BCUT2D eigenvalue weighted by atomic mass is 32.1. The second kappa shape index (κ2) is 5.83. The third-order valence-electron chi connectivity index (χ3n) is 3.06. The van der Waals surface area contributed by atoms with E-state index in [1.807, 2.05) is 29.6 Å². The minimum absolute atomic E-state index is 0.433. The van der Waals surface area contributed by atoms with Crippen LogP contribution in [0.1, 0.15) is 28.8 Å². The topological polar surface area (TPSA) is 37.3 Å². The molecule has 0 bridgehead atoms. The van der Waals surface area contributed by atoms with Crippen LogP contribution in [0.5, 0.6) is 0 Å². The number of thiophene rings is 1. The Hall–Kier alpha value is -1.61.